The van der Waals surface area contributed by atoms with E-state index in [1.165, 1.54) is 10.8 Å². The van der Waals surface area contributed by atoms with Gasteiger partial charge in [-0.05, 0) is 22.9 Å². The second kappa shape index (κ2) is 12.1. The third-order valence-electron chi connectivity index (χ3n) is 2.28. The van der Waals surface area contributed by atoms with Crippen LogP contribution in [0.2, 0.25) is 0 Å². The quantitative estimate of drug-likeness (QED) is 0.329. The van der Waals surface area contributed by atoms with Crippen LogP contribution in [0.1, 0.15) is 22.6 Å². The molecule has 1 aromatic heterocycles. The predicted molar refractivity (Wildman–Crippen MR) is 94.2 cm³/mol. The zero-order chi connectivity index (χ0) is 20.3. The Labute approximate surface area is 162 Å². The standard InChI is InChI=1S/C10H14BrN3O3S2.C2HF3O2/c1-6-8(11)9(14-13-6)10(17)12-3-5-19-18-4-2-7(15)16;3-2(4,5)1(6)7/h2-5H2,1H3,(H,12,17)(H,13,14)(H,15,16);(H,6,7). The average Bonchev–Trinajstić information content (AvgIpc) is 2.85. The molecule has 0 radical (unpaired) electrons. The lowest BCUT2D eigenvalue weighted by atomic mass is 10.3. The fraction of sp³-hybridized carbons (Fsp3) is 0.500. The number of hydrogen-bond acceptors (Lipinski definition) is 6. The third-order valence-corrected chi connectivity index (χ3v) is 5.66. The molecule has 1 heterocycles. The number of carboxylic acid groups (broad SMARTS) is 2. The number of nitrogens with one attached hydrogen (secondary N) is 2. The summed E-state index contributed by atoms with van der Waals surface area (Å²) in [5, 5.41) is 25.0. The molecule has 0 aliphatic rings. The molecule has 0 bridgehead atoms. The first-order valence-corrected chi connectivity index (χ1v) is 9.99. The maximum absolute atomic E-state index is 11.7. The Bertz CT molecular complexity index is 628. The van der Waals surface area contributed by atoms with E-state index in [0.29, 0.717) is 22.5 Å². The number of aromatic nitrogens is 2. The lowest BCUT2D eigenvalue weighted by Gasteiger charge is -2.03. The third kappa shape index (κ3) is 10.6. The van der Waals surface area contributed by atoms with Crippen molar-refractivity contribution < 1.29 is 37.8 Å². The normalized spacial score (nSPS) is 10.7. The molecule has 148 valence electrons. The van der Waals surface area contributed by atoms with E-state index >= 15 is 0 Å². The number of aliphatic carboxylic acids is 2. The molecule has 0 aromatic carbocycles. The maximum atomic E-state index is 11.7. The Kier molecular flexibility index (Phi) is 11.4. The number of hydrogen-bond donors (Lipinski definition) is 4. The van der Waals surface area contributed by atoms with Crippen LogP contribution in [-0.4, -0.2) is 62.5 Å². The Morgan fingerprint density at radius 2 is 1.77 bits per heavy atom. The highest BCUT2D eigenvalue weighted by molar-refractivity contribution is 9.10. The average molecular weight is 482 g/mol. The smallest absolute Gasteiger partial charge is 0.481 e. The van der Waals surface area contributed by atoms with Gasteiger partial charge in [0.05, 0.1) is 10.9 Å². The minimum Gasteiger partial charge on any atom is -0.481 e. The fourth-order valence-electron chi connectivity index (χ4n) is 1.10. The second-order valence-corrected chi connectivity index (χ2v) is 7.85. The van der Waals surface area contributed by atoms with Gasteiger partial charge in [0.1, 0.15) is 0 Å². The van der Waals surface area contributed by atoms with E-state index in [1.54, 1.807) is 10.8 Å². The minimum absolute atomic E-state index is 0.156. The van der Waals surface area contributed by atoms with Crippen molar-refractivity contribution in [2.24, 2.45) is 0 Å². The van der Waals surface area contributed by atoms with E-state index in [1.807, 2.05) is 6.92 Å². The molecule has 0 atom stereocenters. The number of carboxylic acids is 2. The van der Waals surface area contributed by atoms with Crippen LogP contribution in [0.15, 0.2) is 4.47 Å². The molecule has 26 heavy (non-hydrogen) atoms. The van der Waals surface area contributed by atoms with Gasteiger partial charge >= 0.3 is 18.1 Å². The summed E-state index contributed by atoms with van der Waals surface area (Å²) in [5.41, 5.74) is 1.16. The first-order valence-electron chi connectivity index (χ1n) is 6.71. The largest absolute Gasteiger partial charge is 0.490 e. The van der Waals surface area contributed by atoms with Gasteiger partial charge in [0.2, 0.25) is 0 Å². The zero-order valence-corrected chi connectivity index (χ0v) is 16.4. The Balaban J connectivity index is 0.000000758. The molecule has 1 rings (SSSR count). The Hall–Kier alpha value is -1.41. The summed E-state index contributed by atoms with van der Waals surface area (Å²) in [6, 6.07) is 0. The van der Waals surface area contributed by atoms with E-state index in [0.717, 1.165) is 11.4 Å². The van der Waals surface area contributed by atoms with Gasteiger partial charge in [0.25, 0.3) is 5.91 Å². The molecule has 1 aromatic rings. The number of rotatable bonds is 8. The summed E-state index contributed by atoms with van der Waals surface area (Å²) in [6.45, 7) is 2.34. The van der Waals surface area contributed by atoms with E-state index in [4.69, 9.17) is 15.0 Å². The van der Waals surface area contributed by atoms with Gasteiger partial charge in [0.15, 0.2) is 5.69 Å². The molecule has 1 amide bonds. The molecule has 0 aliphatic heterocycles. The van der Waals surface area contributed by atoms with E-state index < -0.39 is 18.1 Å². The highest BCUT2D eigenvalue weighted by Crippen LogP contribution is 2.21. The van der Waals surface area contributed by atoms with Crippen molar-refractivity contribution in [1.82, 2.24) is 15.5 Å². The van der Waals surface area contributed by atoms with Crippen molar-refractivity contribution >= 4 is 55.4 Å². The maximum Gasteiger partial charge on any atom is 0.490 e. The summed E-state index contributed by atoms with van der Waals surface area (Å²) >= 11 is 3.29. The molecule has 0 spiro atoms. The lowest BCUT2D eigenvalue weighted by molar-refractivity contribution is -0.192. The van der Waals surface area contributed by atoms with E-state index in [-0.39, 0.29) is 12.3 Å². The lowest BCUT2D eigenvalue weighted by Crippen LogP contribution is -2.26. The number of carbonyl (C=O) groups excluding carboxylic acids is 1. The summed E-state index contributed by atoms with van der Waals surface area (Å²) in [7, 11) is 3.03. The number of H-pyrrole nitrogens is 1. The number of amides is 1. The number of aryl methyl sites for hydroxylation is 1. The van der Waals surface area contributed by atoms with Crippen molar-refractivity contribution in [3.8, 4) is 0 Å². The van der Waals surface area contributed by atoms with Crippen LogP contribution >= 0.6 is 37.5 Å². The number of aromatic amines is 1. The molecule has 0 aliphatic carbocycles. The monoisotopic (exact) mass is 481 g/mol. The molecule has 14 heteroatoms. The van der Waals surface area contributed by atoms with Gasteiger partial charge in [-0.25, -0.2) is 4.79 Å². The van der Waals surface area contributed by atoms with Gasteiger partial charge in [-0.3, -0.25) is 14.7 Å². The molecule has 0 saturated heterocycles. The topological polar surface area (TPSA) is 132 Å². The summed E-state index contributed by atoms with van der Waals surface area (Å²) < 4.78 is 32.4. The van der Waals surface area contributed by atoms with Gasteiger partial charge < -0.3 is 15.5 Å². The summed E-state index contributed by atoms with van der Waals surface area (Å²) in [5.74, 6) is -2.49. The molecule has 0 fully saturated rings. The van der Waals surface area contributed by atoms with Crippen LogP contribution in [-0.2, 0) is 9.59 Å². The highest BCUT2D eigenvalue weighted by Gasteiger charge is 2.38. The number of carbonyl (C=O) groups is 3. The van der Waals surface area contributed by atoms with Gasteiger partial charge in [-0.15, -0.1) is 0 Å². The van der Waals surface area contributed by atoms with Crippen molar-refractivity contribution in [3.05, 3.63) is 15.9 Å². The predicted octanol–water partition coefficient (Wildman–Crippen LogP) is 2.70. The minimum atomic E-state index is -5.08. The molecular weight excluding hydrogens is 467 g/mol. The number of alkyl halides is 3. The molecule has 0 saturated carbocycles. The molecule has 0 unspecified atom stereocenters. The Morgan fingerprint density at radius 3 is 2.19 bits per heavy atom. The van der Waals surface area contributed by atoms with Crippen molar-refractivity contribution in [1.29, 1.82) is 0 Å². The highest BCUT2D eigenvalue weighted by atomic mass is 79.9. The number of halogens is 4. The first kappa shape index (κ1) is 24.6. The van der Waals surface area contributed by atoms with Crippen molar-refractivity contribution in [3.63, 3.8) is 0 Å². The molecule has 4 N–H and O–H groups in total. The van der Waals surface area contributed by atoms with Crippen LogP contribution < -0.4 is 5.32 Å². The van der Waals surface area contributed by atoms with Crippen LogP contribution in [0.25, 0.3) is 0 Å². The van der Waals surface area contributed by atoms with E-state index in [9.17, 15) is 22.8 Å². The number of nitrogens with zero attached hydrogens (tertiary/aromatic N) is 1. The summed E-state index contributed by atoms with van der Waals surface area (Å²) in [6.07, 6.45) is -4.93. The molecule has 8 nitrogen and oxygen atoms in total. The van der Waals surface area contributed by atoms with Crippen LogP contribution in [0, 0.1) is 6.92 Å². The van der Waals surface area contributed by atoms with E-state index in [2.05, 4.69) is 31.4 Å². The second-order valence-electron chi connectivity index (χ2n) is 4.36. The van der Waals surface area contributed by atoms with Crippen molar-refractivity contribution in [2.75, 3.05) is 18.1 Å². The van der Waals surface area contributed by atoms with Gasteiger partial charge in [-0.2, -0.15) is 18.3 Å². The zero-order valence-electron chi connectivity index (χ0n) is 13.2. The SMILES string of the molecule is Cc1[nH]nc(C(=O)NCCSSCCC(=O)O)c1Br.O=C(O)C(F)(F)F. The Morgan fingerprint density at radius 1 is 1.23 bits per heavy atom. The fourth-order valence-corrected chi connectivity index (χ4v) is 3.35. The van der Waals surface area contributed by atoms with Gasteiger partial charge in [-0.1, -0.05) is 21.6 Å². The van der Waals surface area contributed by atoms with Crippen molar-refractivity contribution in [2.45, 2.75) is 19.5 Å². The van der Waals surface area contributed by atoms with Crippen LogP contribution in [0.3, 0.4) is 0 Å². The van der Waals surface area contributed by atoms with Gasteiger partial charge in [0, 0.05) is 23.7 Å². The first-order chi connectivity index (χ1) is 12.0. The van der Waals surface area contributed by atoms with Crippen LogP contribution in [0.5, 0.6) is 0 Å². The molecular formula is C12H15BrF3N3O5S2. The van der Waals surface area contributed by atoms with Crippen LogP contribution in [0.4, 0.5) is 13.2 Å². The summed E-state index contributed by atoms with van der Waals surface area (Å²) in [4.78, 5) is 30.9.